The van der Waals surface area contributed by atoms with Gasteiger partial charge in [0.1, 0.15) is 0 Å². The van der Waals surface area contributed by atoms with Crippen LogP contribution in [-0.2, 0) is 6.54 Å². The standard InChI is InChI=1S/C16H23NS/c1-14(16-9-6-12-18-16)10-11-17(2)13-15-7-4-3-5-8-15/h3-8,12,14,16H,9-11,13H2,1-2H3. The summed E-state index contributed by atoms with van der Waals surface area (Å²) in [5, 5.41) is 3.07. The zero-order valence-corrected chi connectivity index (χ0v) is 12.2. The lowest BCUT2D eigenvalue weighted by Crippen LogP contribution is -2.23. The molecule has 1 aromatic carbocycles. The molecule has 0 N–H and O–H groups in total. The van der Waals surface area contributed by atoms with E-state index in [0.717, 1.165) is 17.7 Å². The Hall–Kier alpha value is -0.730. The van der Waals surface area contributed by atoms with E-state index in [1.807, 2.05) is 11.8 Å². The van der Waals surface area contributed by atoms with Crippen molar-refractivity contribution in [1.82, 2.24) is 4.90 Å². The van der Waals surface area contributed by atoms with Gasteiger partial charge in [-0.15, -0.1) is 11.8 Å². The zero-order valence-electron chi connectivity index (χ0n) is 11.4. The Morgan fingerprint density at radius 2 is 2.11 bits per heavy atom. The molecular weight excluding hydrogens is 238 g/mol. The second kappa shape index (κ2) is 7.01. The molecular formula is C16H23NS. The fraction of sp³-hybridized carbons (Fsp3) is 0.500. The summed E-state index contributed by atoms with van der Waals surface area (Å²) in [5.41, 5.74) is 1.41. The van der Waals surface area contributed by atoms with Gasteiger partial charge in [-0.2, -0.15) is 0 Å². The molecule has 2 rings (SSSR count). The maximum Gasteiger partial charge on any atom is 0.0230 e. The Morgan fingerprint density at radius 3 is 2.78 bits per heavy atom. The van der Waals surface area contributed by atoms with Gasteiger partial charge in [0.2, 0.25) is 0 Å². The van der Waals surface area contributed by atoms with E-state index in [2.05, 4.69) is 60.7 Å². The average Bonchev–Trinajstić information content (AvgIpc) is 2.91. The molecule has 18 heavy (non-hydrogen) atoms. The third-order valence-electron chi connectivity index (χ3n) is 3.61. The Labute approximate surface area is 115 Å². The zero-order chi connectivity index (χ0) is 12.8. The predicted molar refractivity (Wildman–Crippen MR) is 81.7 cm³/mol. The first-order valence-electron chi connectivity index (χ1n) is 6.78. The first kappa shape index (κ1) is 13.7. The molecule has 0 aliphatic carbocycles. The van der Waals surface area contributed by atoms with Gasteiger partial charge in [0, 0.05) is 11.8 Å². The molecule has 0 saturated carbocycles. The summed E-state index contributed by atoms with van der Waals surface area (Å²) >= 11 is 2.01. The Bertz CT molecular complexity index is 366. The number of rotatable bonds is 6. The lowest BCUT2D eigenvalue weighted by atomic mass is 10.0. The molecule has 2 heteroatoms. The van der Waals surface area contributed by atoms with Gasteiger partial charge >= 0.3 is 0 Å². The molecule has 2 atom stereocenters. The van der Waals surface area contributed by atoms with Crippen molar-refractivity contribution >= 4 is 11.8 Å². The molecule has 0 spiro atoms. The van der Waals surface area contributed by atoms with Gasteiger partial charge in [-0.05, 0) is 43.3 Å². The summed E-state index contributed by atoms with van der Waals surface area (Å²) < 4.78 is 0. The molecule has 0 amide bonds. The van der Waals surface area contributed by atoms with E-state index in [-0.39, 0.29) is 0 Å². The molecule has 2 unspecified atom stereocenters. The number of allylic oxidation sites excluding steroid dienone is 1. The molecule has 0 bridgehead atoms. The number of hydrogen-bond acceptors (Lipinski definition) is 2. The number of benzene rings is 1. The molecule has 1 heterocycles. The fourth-order valence-corrected chi connectivity index (χ4v) is 3.40. The topological polar surface area (TPSA) is 3.24 Å². The first-order chi connectivity index (χ1) is 8.75. The summed E-state index contributed by atoms with van der Waals surface area (Å²) in [6, 6.07) is 10.7. The van der Waals surface area contributed by atoms with Gasteiger partial charge in [0.05, 0.1) is 0 Å². The van der Waals surface area contributed by atoms with Crippen LogP contribution in [0.5, 0.6) is 0 Å². The molecule has 1 nitrogen and oxygen atoms in total. The molecule has 98 valence electrons. The van der Waals surface area contributed by atoms with Crippen molar-refractivity contribution in [3.8, 4) is 0 Å². The van der Waals surface area contributed by atoms with E-state index < -0.39 is 0 Å². The predicted octanol–water partition coefficient (Wildman–Crippen LogP) is 4.16. The third kappa shape index (κ3) is 4.18. The summed E-state index contributed by atoms with van der Waals surface area (Å²) in [4.78, 5) is 2.43. The van der Waals surface area contributed by atoms with Crippen molar-refractivity contribution in [2.75, 3.05) is 13.6 Å². The van der Waals surface area contributed by atoms with Gasteiger partial charge in [-0.1, -0.05) is 43.3 Å². The van der Waals surface area contributed by atoms with Crippen LogP contribution in [0.1, 0.15) is 25.3 Å². The van der Waals surface area contributed by atoms with Crippen LogP contribution in [-0.4, -0.2) is 23.7 Å². The van der Waals surface area contributed by atoms with Crippen molar-refractivity contribution in [2.24, 2.45) is 5.92 Å². The smallest absolute Gasteiger partial charge is 0.0230 e. The monoisotopic (exact) mass is 261 g/mol. The van der Waals surface area contributed by atoms with Gasteiger partial charge in [-0.3, -0.25) is 0 Å². The summed E-state index contributed by atoms with van der Waals surface area (Å²) in [5.74, 6) is 0.809. The largest absolute Gasteiger partial charge is 0.302 e. The lowest BCUT2D eigenvalue weighted by Gasteiger charge is -2.22. The molecule has 0 aromatic heterocycles. The van der Waals surface area contributed by atoms with Crippen LogP contribution in [0.15, 0.2) is 41.8 Å². The van der Waals surface area contributed by atoms with E-state index in [0.29, 0.717) is 0 Å². The van der Waals surface area contributed by atoms with Gasteiger partial charge in [0.15, 0.2) is 0 Å². The minimum atomic E-state index is 0.809. The number of hydrogen-bond donors (Lipinski definition) is 0. The van der Waals surface area contributed by atoms with E-state index >= 15 is 0 Å². The Balaban J connectivity index is 1.69. The van der Waals surface area contributed by atoms with Gasteiger partial charge in [-0.25, -0.2) is 0 Å². The summed E-state index contributed by atoms with van der Waals surface area (Å²) in [7, 11) is 2.22. The molecule has 1 aromatic rings. The van der Waals surface area contributed by atoms with Crippen LogP contribution in [0, 0.1) is 5.92 Å². The average molecular weight is 261 g/mol. The summed E-state index contributed by atoms with van der Waals surface area (Å²) in [6.45, 7) is 4.64. The van der Waals surface area contributed by atoms with Crippen molar-refractivity contribution in [2.45, 2.75) is 31.6 Å². The third-order valence-corrected chi connectivity index (χ3v) is 4.97. The van der Waals surface area contributed by atoms with Crippen LogP contribution < -0.4 is 0 Å². The molecule has 0 saturated heterocycles. The van der Waals surface area contributed by atoms with Crippen molar-refractivity contribution < 1.29 is 0 Å². The van der Waals surface area contributed by atoms with Crippen molar-refractivity contribution in [3.63, 3.8) is 0 Å². The number of thioether (sulfide) groups is 1. The minimum absolute atomic E-state index is 0.809. The van der Waals surface area contributed by atoms with Crippen molar-refractivity contribution in [1.29, 1.82) is 0 Å². The van der Waals surface area contributed by atoms with Crippen LogP contribution >= 0.6 is 11.8 Å². The second-order valence-corrected chi connectivity index (χ2v) is 6.42. The maximum absolute atomic E-state index is 2.43. The van der Waals surface area contributed by atoms with Crippen LogP contribution in [0.3, 0.4) is 0 Å². The highest BCUT2D eigenvalue weighted by Crippen LogP contribution is 2.31. The molecule has 0 radical (unpaired) electrons. The Kier molecular flexibility index (Phi) is 5.33. The second-order valence-electron chi connectivity index (χ2n) is 5.27. The SMILES string of the molecule is CC(CCN(C)Cc1ccccc1)C1CC=CS1. The minimum Gasteiger partial charge on any atom is -0.302 e. The van der Waals surface area contributed by atoms with Crippen molar-refractivity contribution in [3.05, 3.63) is 47.4 Å². The number of nitrogens with zero attached hydrogens (tertiary/aromatic N) is 1. The van der Waals surface area contributed by atoms with Crippen LogP contribution in [0.4, 0.5) is 0 Å². The normalized spacial score (nSPS) is 20.5. The van der Waals surface area contributed by atoms with E-state index in [4.69, 9.17) is 0 Å². The molecule has 1 aliphatic heterocycles. The van der Waals surface area contributed by atoms with Gasteiger partial charge in [0.25, 0.3) is 0 Å². The highest BCUT2D eigenvalue weighted by Gasteiger charge is 2.18. The molecule has 0 fully saturated rings. The Morgan fingerprint density at radius 1 is 1.33 bits per heavy atom. The highest BCUT2D eigenvalue weighted by molar-refractivity contribution is 8.03. The quantitative estimate of drug-likeness (QED) is 0.756. The van der Waals surface area contributed by atoms with E-state index in [9.17, 15) is 0 Å². The van der Waals surface area contributed by atoms with Crippen LogP contribution in [0.2, 0.25) is 0 Å². The molecule has 1 aliphatic rings. The van der Waals surface area contributed by atoms with E-state index in [1.165, 1.54) is 24.9 Å². The fourth-order valence-electron chi connectivity index (χ4n) is 2.35. The van der Waals surface area contributed by atoms with Crippen LogP contribution in [0.25, 0.3) is 0 Å². The van der Waals surface area contributed by atoms with E-state index in [1.54, 1.807) is 0 Å². The van der Waals surface area contributed by atoms with Gasteiger partial charge < -0.3 is 4.90 Å². The highest BCUT2D eigenvalue weighted by atomic mass is 32.2. The summed E-state index contributed by atoms with van der Waals surface area (Å²) in [6.07, 6.45) is 4.86. The lowest BCUT2D eigenvalue weighted by molar-refractivity contribution is 0.296. The first-order valence-corrected chi connectivity index (χ1v) is 7.73. The maximum atomic E-state index is 2.43.